The lowest BCUT2D eigenvalue weighted by molar-refractivity contribution is 0.0268. The van der Waals surface area contributed by atoms with Gasteiger partial charge in [-0.25, -0.2) is 0 Å². The third-order valence-corrected chi connectivity index (χ3v) is 3.03. The van der Waals surface area contributed by atoms with Gasteiger partial charge in [-0.2, -0.15) is 0 Å². The maximum absolute atomic E-state index is 10.0. The van der Waals surface area contributed by atoms with Gasteiger partial charge in [0.1, 0.15) is 5.60 Å². The number of hydrogen-bond donors (Lipinski definition) is 2. The van der Waals surface area contributed by atoms with Gasteiger partial charge in [0.2, 0.25) is 0 Å². The van der Waals surface area contributed by atoms with Crippen molar-refractivity contribution < 1.29 is 9.84 Å². The summed E-state index contributed by atoms with van der Waals surface area (Å²) < 4.78 is 5.17. The molecule has 1 aromatic rings. The lowest BCUT2D eigenvalue weighted by atomic mass is 10.0. The van der Waals surface area contributed by atoms with E-state index in [0.29, 0.717) is 26.2 Å². The summed E-state index contributed by atoms with van der Waals surface area (Å²) in [6.45, 7) is 2.38. The number of rotatable bonds is 4. The van der Waals surface area contributed by atoms with Crippen LogP contribution >= 0.6 is 11.6 Å². The van der Waals surface area contributed by atoms with Crippen molar-refractivity contribution in [3.8, 4) is 0 Å². The smallest absolute Gasteiger partial charge is 0.102 e. The summed E-state index contributed by atoms with van der Waals surface area (Å²) in [6.07, 6.45) is 0.709. The largest absolute Gasteiger partial charge is 0.386 e. The minimum absolute atomic E-state index is 0.431. The molecule has 16 heavy (non-hydrogen) atoms. The van der Waals surface area contributed by atoms with E-state index in [1.165, 1.54) is 0 Å². The molecule has 1 fully saturated rings. The molecule has 0 aromatic heterocycles. The van der Waals surface area contributed by atoms with Crippen molar-refractivity contribution in [2.24, 2.45) is 0 Å². The molecular formula is C12H16ClNO2. The number of halogens is 1. The number of benzene rings is 1. The van der Waals surface area contributed by atoms with Gasteiger partial charge in [-0.3, -0.25) is 0 Å². The number of hydrogen-bond acceptors (Lipinski definition) is 3. The highest BCUT2D eigenvalue weighted by molar-refractivity contribution is 6.30. The van der Waals surface area contributed by atoms with Crippen molar-refractivity contribution in [1.29, 1.82) is 0 Å². The fraction of sp³-hybridized carbons (Fsp3) is 0.500. The minimum atomic E-state index is -0.688. The fourth-order valence-electron chi connectivity index (χ4n) is 1.78. The molecule has 0 radical (unpaired) electrons. The third-order valence-electron chi connectivity index (χ3n) is 2.78. The quantitative estimate of drug-likeness (QED) is 0.841. The fourth-order valence-corrected chi connectivity index (χ4v) is 1.90. The normalized spacial score (nSPS) is 24.9. The summed E-state index contributed by atoms with van der Waals surface area (Å²) in [4.78, 5) is 0. The lowest BCUT2D eigenvalue weighted by Crippen LogP contribution is -2.40. The average Bonchev–Trinajstić information content (AvgIpc) is 2.69. The van der Waals surface area contributed by atoms with Gasteiger partial charge >= 0.3 is 0 Å². The molecule has 0 bridgehead atoms. The van der Waals surface area contributed by atoms with Gasteiger partial charge in [-0.05, 0) is 17.7 Å². The van der Waals surface area contributed by atoms with Gasteiger partial charge in [0, 0.05) is 31.1 Å². The van der Waals surface area contributed by atoms with Crippen LogP contribution in [0.15, 0.2) is 24.3 Å². The summed E-state index contributed by atoms with van der Waals surface area (Å²) in [5.41, 5.74) is 0.471. The topological polar surface area (TPSA) is 41.5 Å². The van der Waals surface area contributed by atoms with E-state index in [-0.39, 0.29) is 0 Å². The first kappa shape index (κ1) is 11.9. The molecule has 88 valence electrons. The monoisotopic (exact) mass is 241 g/mol. The molecule has 1 aliphatic heterocycles. The molecule has 4 heteroatoms. The van der Waals surface area contributed by atoms with Gasteiger partial charge in [0.05, 0.1) is 6.61 Å². The molecule has 2 N–H and O–H groups in total. The lowest BCUT2D eigenvalue weighted by Gasteiger charge is -2.20. The van der Waals surface area contributed by atoms with Gasteiger partial charge < -0.3 is 15.2 Å². The zero-order valence-electron chi connectivity index (χ0n) is 9.08. The molecule has 1 aromatic carbocycles. The van der Waals surface area contributed by atoms with Gasteiger partial charge in [0.25, 0.3) is 0 Å². The van der Waals surface area contributed by atoms with E-state index in [2.05, 4.69) is 5.32 Å². The van der Waals surface area contributed by atoms with Crippen LogP contribution in [0.1, 0.15) is 12.0 Å². The van der Waals surface area contributed by atoms with Crippen molar-refractivity contribution in [1.82, 2.24) is 5.32 Å². The second-order valence-electron chi connectivity index (χ2n) is 4.26. The van der Waals surface area contributed by atoms with Crippen LogP contribution in [-0.2, 0) is 11.3 Å². The van der Waals surface area contributed by atoms with Crippen LogP contribution < -0.4 is 5.32 Å². The highest BCUT2D eigenvalue weighted by Gasteiger charge is 2.31. The maximum Gasteiger partial charge on any atom is 0.102 e. The summed E-state index contributed by atoms with van der Waals surface area (Å²) in [5.74, 6) is 0. The Bertz CT molecular complexity index is 333. The van der Waals surface area contributed by atoms with E-state index in [1.807, 2.05) is 24.3 Å². The molecule has 0 spiro atoms. The molecule has 0 aliphatic carbocycles. The summed E-state index contributed by atoms with van der Waals surface area (Å²) in [5, 5.41) is 14.0. The van der Waals surface area contributed by atoms with Crippen molar-refractivity contribution in [3.63, 3.8) is 0 Å². The Morgan fingerprint density at radius 1 is 1.38 bits per heavy atom. The van der Waals surface area contributed by atoms with Gasteiger partial charge in [-0.1, -0.05) is 23.7 Å². The predicted octanol–water partition coefficient (Wildman–Crippen LogP) is 1.58. The van der Waals surface area contributed by atoms with Crippen LogP contribution in [0.4, 0.5) is 0 Å². The molecule has 1 aliphatic rings. The molecule has 1 atom stereocenters. The van der Waals surface area contributed by atoms with Crippen molar-refractivity contribution in [3.05, 3.63) is 34.9 Å². The molecule has 1 heterocycles. The Labute approximate surface area is 100 Å². The first-order valence-electron chi connectivity index (χ1n) is 5.43. The third kappa shape index (κ3) is 3.19. The number of nitrogens with one attached hydrogen (secondary N) is 1. The number of aliphatic hydroxyl groups is 1. The van der Waals surface area contributed by atoms with Crippen molar-refractivity contribution >= 4 is 11.6 Å². The van der Waals surface area contributed by atoms with Gasteiger partial charge in [0.15, 0.2) is 0 Å². The number of ether oxygens (including phenoxy) is 1. The molecule has 1 saturated heterocycles. The van der Waals surface area contributed by atoms with Crippen molar-refractivity contribution in [2.45, 2.75) is 18.6 Å². The molecule has 2 rings (SSSR count). The SMILES string of the molecule is OC1(CNCc2ccc(Cl)cc2)CCOC1. The molecule has 1 unspecified atom stereocenters. The van der Waals surface area contributed by atoms with E-state index in [0.717, 1.165) is 17.1 Å². The van der Waals surface area contributed by atoms with Crippen LogP contribution in [0.3, 0.4) is 0 Å². The van der Waals surface area contributed by atoms with E-state index >= 15 is 0 Å². The Balaban J connectivity index is 1.77. The molecular weight excluding hydrogens is 226 g/mol. The van der Waals surface area contributed by atoms with E-state index in [1.54, 1.807) is 0 Å². The summed E-state index contributed by atoms with van der Waals surface area (Å²) >= 11 is 5.79. The van der Waals surface area contributed by atoms with Crippen LogP contribution in [0.5, 0.6) is 0 Å². The Morgan fingerprint density at radius 2 is 2.12 bits per heavy atom. The van der Waals surface area contributed by atoms with E-state index in [4.69, 9.17) is 16.3 Å². The Kier molecular flexibility index (Phi) is 3.82. The second kappa shape index (κ2) is 5.15. The van der Waals surface area contributed by atoms with Gasteiger partial charge in [-0.15, -0.1) is 0 Å². The van der Waals surface area contributed by atoms with Crippen LogP contribution in [-0.4, -0.2) is 30.5 Å². The summed E-state index contributed by atoms with van der Waals surface area (Å²) in [7, 11) is 0. The predicted molar refractivity (Wildman–Crippen MR) is 63.5 cm³/mol. The Morgan fingerprint density at radius 3 is 2.75 bits per heavy atom. The van der Waals surface area contributed by atoms with Crippen LogP contribution in [0.2, 0.25) is 5.02 Å². The molecule has 0 amide bonds. The zero-order valence-corrected chi connectivity index (χ0v) is 9.83. The highest BCUT2D eigenvalue weighted by Crippen LogP contribution is 2.17. The first-order valence-corrected chi connectivity index (χ1v) is 5.81. The van der Waals surface area contributed by atoms with Crippen LogP contribution in [0.25, 0.3) is 0 Å². The van der Waals surface area contributed by atoms with Crippen LogP contribution in [0, 0.1) is 0 Å². The molecule has 3 nitrogen and oxygen atoms in total. The zero-order chi connectivity index (χ0) is 11.4. The molecule has 0 saturated carbocycles. The van der Waals surface area contributed by atoms with E-state index in [9.17, 15) is 5.11 Å². The first-order chi connectivity index (χ1) is 7.68. The highest BCUT2D eigenvalue weighted by atomic mass is 35.5. The summed E-state index contributed by atoms with van der Waals surface area (Å²) in [6, 6.07) is 7.69. The van der Waals surface area contributed by atoms with Crippen molar-refractivity contribution in [2.75, 3.05) is 19.8 Å². The Hall–Kier alpha value is -0.610. The second-order valence-corrected chi connectivity index (χ2v) is 4.69. The van der Waals surface area contributed by atoms with E-state index < -0.39 is 5.60 Å². The standard InChI is InChI=1S/C12H16ClNO2/c13-11-3-1-10(2-4-11)7-14-8-12(15)5-6-16-9-12/h1-4,14-15H,5-9H2. The average molecular weight is 242 g/mol. The maximum atomic E-state index is 10.0. The minimum Gasteiger partial charge on any atom is -0.386 e.